The first-order valence-electron chi connectivity index (χ1n) is 8.39. The van der Waals surface area contributed by atoms with Crippen LogP contribution in [0.15, 0.2) is 18.2 Å². The first-order valence-corrected chi connectivity index (χ1v) is 11.3. The second kappa shape index (κ2) is 8.49. The van der Waals surface area contributed by atoms with Crippen LogP contribution in [0.2, 0.25) is 18.1 Å². The molecule has 0 aliphatic carbocycles. The lowest BCUT2D eigenvalue weighted by Crippen LogP contribution is -2.41. The highest BCUT2D eigenvalue weighted by molar-refractivity contribution is 6.74. The number of nitrogens with two attached hydrogens (primary N) is 1. The average molecular weight is 367 g/mol. The first-order chi connectivity index (χ1) is 11.5. The van der Waals surface area contributed by atoms with Crippen molar-refractivity contribution in [1.82, 2.24) is 5.32 Å². The molecule has 1 rings (SSSR count). The van der Waals surface area contributed by atoms with Gasteiger partial charge in [-0.05, 0) is 42.8 Å². The molecule has 0 radical (unpaired) electrons. The van der Waals surface area contributed by atoms with Crippen LogP contribution in [0.5, 0.6) is 5.75 Å². The number of hydrogen-bond acceptors (Lipinski definition) is 4. The molecule has 0 heterocycles. The molecule has 0 aromatic heterocycles. The van der Waals surface area contributed by atoms with Gasteiger partial charge in [0.05, 0.1) is 12.7 Å². The Bertz CT molecular complexity index is 624. The molecule has 25 heavy (non-hydrogen) atoms. The lowest BCUT2D eigenvalue weighted by atomic mass is 10.1. The van der Waals surface area contributed by atoms with E-state index in [0.717, 1.165) is 6.42 Å². The van der Waals surface area contributed by atoms with Gasteiger partial charge in [0.1, 0.15) is 5.75 Å². The molecular weight excluding hydrogens is 336 g/mol. The van der Waals surface area contributed by atoms with E-state index in [1.54, 1.807) is 6.07 Å². The second-order valence-corrected chi connectivity index (χ2v) is 12.3. The van der Waals surface area contributed by atoms with Crippen LogP contribution in [0.4, 0.5) is 0 Å². The summed E-state index contributed by atoms with van der Waals surface area (Å²) in [5.74, 6) is -0.519. The molecule has 0 aliphatic rings. The topological polar surface area (TPSA) is 90.7 Å². The highest BCUT2D eigenvalue weighted by Crippen LogP contribution is 2.36. The Hall–Kier alpha value is -1.86. The van der Waals surface area contributed by atoms with Crippen LogP contribution in [0.3, 0.4) is 0 Å². The number of benzene rings is 1. The van der Waals surface area contributed by atoms with Gasteiger partial charge in [-0.15, -0.1) is 0 Å². The van der Waals surface area contributed by atoms with Crippen LogP contribution >= 0.6 is 0 Å². The summed E-state index contributed by atoms with van der Waals surface area (Å²) in [5, 5.41) is 3.02. The van der Waals surface area contributed by atoms with E-state index in [1.165, 1.54) is 19.2 Å². The van der Waals surface area contributed by atoms with Crippen LogP contribution in [-0.2, 0) is 4.43 Å². The fourth-order valence-corrected chi connectivity index (χ4v) is 3.04. The number of carbonyl (C=O) groups excluding carboxylic acids is 2. The van der Waals surface area contributed by atoms with Gasteiger partial charge in [0.15, 0.2) is 8.32 Å². The maximum Gasteiger partial charge on any atom is 0.252 e. The number of carbonyl (C=O) groups is 2. The van der Waals surface area contributed by atoms with Gasteiger partial charge in [0, 0.05) is 18.7 Å². The molecule has 1 aromatic rings. The van der Waals surface area contributed by atoms with Crippen molar-refractivity contribution < 1.29 is 18.8 Å². The van der Waals surface area contributed by atoms with Gasteiger partial charge in [-0.25, -0.2) is 0 Å². The Balaban J connectivity index is 2.52. The van der Waals surface area contributed by atoms with Crippen molar-refractivity contribution >= 4 is 20.1 Å². The van der Waals surface area contributed by atoms with Gasteiger partial charge < -0.3 is 20.2 Å². The zero-order valence-electron chi connectivity index (χ0n) is 16.1. The summed E-state index contributed by atoms with van der Waals surface area (Å²) in [6, 6.07) is 4.57. The van der Waals surface area contributed by atoms with E-state index >= 15 is 0 Å². The maximum atomic E-state index is 12.2. The molecule has 0 spiro atoms. The first kappa shape index (κ1) is 21.2. The van der Waals surface area contributed by atoms with Crippen LogP contribution < -0.4 is 15.8 Å². The van der Waals surface area contributed by atoms with E-state index in [9.17, 15) is 9.59 Å². The van der Waals surface area contributed by atoms with Crippen molar-refractivity contribution in [3.05, 3.63) is 29.3 Å². The summed E-state index contributed by atoms with van der Waals surface area (Å²) in [6.07, 6.45) is 0.745. The van der Waals surface area contributed by atoms with Gasteiger partial charge in [0.25, 0.3) is 11.8 Å². The van der Waals surface area contributed by atoms with Crippen LogP contribution in [0.25, 0.3) is 0 Å². The SMILES string of the molecule is COc1cc(C(=O)NCCCO[Si](C)(C)C(C)(C)C)ccc1C(N)=O. The number of primary amides is 1. The molecule has 1 aromatic carbocycles. The number of amides is 2. The Kier molecular flexibility index (Phi) is 7.19. The molecule has 0 aliphatic heterocycles. The zero-order valence-corrected chi connectivity index (χ0v) is 17.1. The van der Waals surface area contributed by atoms with E-state index in [-0.39, 0.29) is 16.5 Å². The summed E-state index contributed by atoms with van der Waals surface area (Å²) < 4.78 is 11.2. The normalized spacial score (nSPS) is 11.9. The van der Waals surface area contributed by atoms with Gasteiger partial charge in [-0.3, -0.25) is 9.59 Å². The minimum absolute atomic E-state index is 0.176. The second-order valence-electron chi connectivity index (χ2n) is 7.50. The van der Waals surface area contributed by atoms with Crippen molar-refractivity contribution in [3.63, 3.8) is 0 Å². The summed E-state index contributed by atoms with van der Waals surface area (Å²) in [5.41, 5.74) is 5.94. The van der Waals surface area contributed by atoms with Gasteiger partial charge in [-0.1, -0.05) is 20.8 Å². The van der Waals surface area contributed by atoms with E-state index < -0.39 is 14.2 Å². The highest BCUT2D eigenvalue weighted by Gasteiger charge is 2.36. The highest BCUT2D eigenvalue weighted by atomic mass is 28.4. The predicted octanol–water partition coefficient (Wildman–Crippen LogP) is 2.94. The minimum atomic E-state index is -1.75. The Morgan fingerprint density at radius 1 is 1.24 bits per heavy atom. The molecule has 2 amide bonds. The largest absolute Gasteiger partial charge is 0.496 e. The van der Waals surface area contributed by atoms with E-state index in [0.29, 0.717) is 24.5 Å². The third kappa shape index (κ3) is 5.86. The molecule has 0 atom stereocenters. The lowest BCUT2D eigenvalue weighted by molar-refractivity contribution is 0.0947. The quantitative estimate of drug-likeness (QED) is 0.547. The van der Waals surface area contributed by atoms with Gasteiger partial charge in [-0.2, -0.15) is 0 Å². The maximum absolute atomic E-state index is 12.2. The number of nitrogens with one attached hydrogen (secondary N) is 1. The molecule has 140 valence electrons. The minimum Gasteiger partial charge on any atom is -0.496 e. The van der Waals surface area contributed by atoms with Crippen LogP contribution in [0.1, 0.15) is 47.9 Å². The summed E-state index contributed by atoms with van der Waals surface area (Å²) >= 11 is 0. The average Bonchev–Trinajstić information content (AvgIpc) is 2.52. The predicted molar refractivity (Wildman–Crippen MR) is 102 cm³/mol. The molecule has 0 fully saturated rings. The van der Waals surface area contributed by atoms with Crippen molar-refractivity contribution in [2.75, 3.05) is 20.3 Å². The fourth-order valence-electron chi connectivity index (χ4n) is 1.96. The Labute approximate surface area is 151 Å². The van der Waals surface area contributed by atoms with Crippen molar-refractivity contribution in [3.8, 4) is 5.75 Å². The fraction of sp³-hybridized carbons (Fsp3) is 0.556. The summed E-state index contributed by atoms with van der Waals surface area (Å²) in [7, 11) is -0.316. The van der Waals surface area contributed by atoms with Gasteiger partial charge >= 0.3 is 0 Å². The Morgan fingerprint density at radius 3 is 2.40 bits per heavy atom. The summed E-state index contributed by atoms with van der Waals surface area (Å²) in [6.45, 7) is 12.2. The molecular formula is C18H30N2O4Si. The van der Waals surface area contributed by atoms with Crippen LogP contribution in [-0.4, -0.2) is 40.4 Å². The van der Waals surface area contributed by atoms with Crippen molar-refractivity contribution in [2.45, 2.75) is 45.3 Å². The summed E-state index contributed by atoms with van der Waals surface area (Å²) in [4.78, 5) is 23.5. The smallest absolute Gasteiger partial charge is 0.252 e. The number of hydrogen-bond donors (Lipinski definition) is 2. The zero-order chi connectivity index (χ0) is 19.3. The molecule has 3 N–H and O–H groups in total. The van der Waals surface area contributed by atoms with E-state index in [1.807, 2.05) is 0 Å². The molecule has 0 bridgehead atoms. The third-order valence-corrected chi connectivity index (χ3v) is 9.14. The Morgan fingerprint density at radius 2 is 1.88 bits per heavy atom. The molecule has 7 heteroatoms. The van der Waals surface area contributed by atoms with Crippen molar-refractivity contribution in [2.24, 2.45) is 5.73 Å². The van der Waals surface area contributed by atoms with Crippen molar-refractivity contribution in [1.29, 1.82) is 0 Å². The molecule has 0 unspecified atom stereocenters. The third-order valence-electron chi connectivity index (χ3n) is 4.60. The molecule has 6 nitrogen and oxygen atoms in total. The van der Waals surface area contributed by atoms with Gasteiger partial charge in [0.2, 0.25) is 0 Å². The standard InChI is InChI=1S/C18H30N2O4Si/c1-18(2,3)25(5,6)24-11-7-10-20-17(22)13-8-9-14(16(19)21)15(12-13)23-4/h8-9,12H,7,10-11H2,1-6H3,(H2,19,21)(H,20,22). The van der Waals surface area contributed by atoms with E-state index in [4.69, 9.17) is 14.9 Å². The van der Waals surface area contributed by atoms with Crippen LogP contribution in [0, 0.1) is 0 Å². The van der Waals surface area contributed by atoms with E-state index in [2.05, 4.69) is 39.2 Å². The molecule has 0 saturated carbocycles. The lowest BCUT2D eigenvalue weighted by Gasteiger charge is -2.36. The number of rotatable bonds is 8. The number of methoxy groups -OCH3 is 1. The monoisotopic (exact) mass is 366 g/mol. The number of ether oxygens (including phenoxy) is 1. The molecule has 0 saturated heterocycles.